The molecule has 0 aromatic heterocycles. The molecule has 0 radical (unpaired) electrons. The Labute approximate surface area is 83.6 Å². The van der Waals surface area contributed by atoms with Gasteiger partial charge in [0.15, 0.2) is 5.78 Å². The zero-order chi connectivity index (χ0) is 10.6. The number of hydrogen-bond acceptors (Lipinski definition) is 4. The number of carbonyl (C=O) groups is 2. The minimum absolute atomic E-state index is 0.0281. The highest BCUT2D eigenvalue weighted by molar-refractivity contribution is 6.04. The standard InChI is InChI=1S/C10H16O4/c1-13-10(14-2)9(12)7-5-3-4-6-8(7)11/h7,10H,3-6H2,1-2H3. The molecule has 4 nitrogen and oxygen atoms in total. The van der Waals surface area contributed by atoms with E-state index in [2.05, 4.69) is 0 Å². The summed E-state index contributed by atoms with van der Waals surface area (Å²) < 4.78 is 9.68. The van der Waals surface area contributed by atoms with Crippen molar-refractivity contribution in [2.45, 2.75) is 32.0 Å². The fourth-order valence-corrected chi connectivity index (χ4v) is 1.78. The van der Waals surface area contributed by atoms with Gasteiger partial charge in [0.05, 0.1) is 5.92 Å². The van der Waals surface area contributed by atoms with Gasteiger partial charge in [-0.25, -0.2) is 0 Å². The van der Waals surface area contributed by atoms with Crippen molar-refractivity contribution in [3.63, 3.8) is 0 Å². The van der Waals surface area contributed by atoms with E-state index in [4.69, 9.17) is 9.47 Å². The molecule has 1 aliphatic carbocycles. The quantitative estimate of drug-likeness (QED) is 0.500. The smallest absolute Gasteiger partial charge is 0.218 e. The van der Waals surface area contributed by atoms with Crippen LogP contribution in [0.4, 0.5) is 0 Å². The number of ketones is 2. The summed E-state index contributed by atoms with van der Waals surface area (Å²) in [7, 11) is 2.80. The first kappa shape index (κ1) is 11.3. The van der Waals surface area contributed by atoms with E-state index in [9.17, 15) is 9.59 Å². The van der Waals surface area contributed by atoms with Crippen LogP contribution in [0.5, 0.6) is 0 Å². The molecule has 0 N–H and O–H groups in total. The molecular weight excluding hydrogens is 184 g/mol. The zero-order valence-electron chi connectivity index (χ0n) is 8.62. The third-order valence-electron chi connectivity index (χ3n) is 2.56. The highest BCUT2D eigenvalue weighted by Gasteiger charge is 2.33. The number of rotatable bonds is 4. The Balaban J connectivity index is 2.61. The van der Waals surface area contributed by atoms with Crippen LogP contribution in [0.1, 0.15) is 25.7 Å². The fraction of sp³-hybridized carbons (Fsp3) is 0.800. The van der Waals surface area contributed by atoms with Crippen LogP contribution in [0, 0.1) is 5.92 Å². The maximum Gasteiger partial charge on any atom is 0.218 e. The van der Waals surface area contributed by atoms with E-state index in [1.165, 1.54) is 14.2 Å². The Morgan fingerprint density at radius 2 is 2.00 bits per heavy atom. The van der Waals surface area contributed by atoms with E-state index in [-0.39, 0.29) is 11.6 Å². The van der Waals surface area contributed by atoms with Gasteiger partial charge >= 0.3 is 0 Å². The molecule has 0 spiro atoms. The van der Waals surface area contributed by atoms with Crippen LogP contribution in [-0.2, 0) is 19.1 Å². The van der Waals surface area contributed by atoms with E-state index in [1.807, 2.05) is 0 Å². The summed E-state index contributed by atoms with van der Waals surface area (Å²) in [5.74, 6) is -0.714. The van der Waals surface area contributed by atoms with Crippen LogP contribution in [0.3, 0.4) is 0 Å². The van der Waals surface area contributed by atoms with Gasteiger partial charge in [0.25, 0.3) is 0 Å². The monoisotopic (exact) mass is 200 g/mol. The molecular formula is C10H16O4. The van der Waals surface area contributed by atoms with Gasteiger partial charge in [0.1, 0.15) is 5.78 Å². The third kappa shape index (κ3) is 2.39. The van der Waals surface area contributed by atoms with Crippen molar-refractivity contribution >= 4 is 11.6 Å². The second-order valence-corrected chi connectivity index (χ2v) is 3.47. The van der Waals surface area contributed by atoms with Crippen LogP contribution in [0.15, 0.2) is 0 Å². The number of methoxy groups -OCH3 is 2. The van der Waals surface area contributed by atoms with Gasteiger partial charge in [0.2, 0.25) is 6.29 Å². The highest BCUT2D eigenvalue weighted by Crippen LogP contribution is 2.23. The first-order chi connectivity index (χ1) is 6.70. The predicted molar refractivity (Wildman–Crippen MR) is 49.8 cm³/mol. The summed E-state index contributed by atoms with van der Waals surface area (Å²) in [4.78, 5) is 23.1. The van der Waals surface area contributed by atoms with Crippen LogP contribution in [0.2, 0.25) is 0 Å². The predicted octanol–water partition coefficient (Wildman–Crippen LogP) is 0.934. The molecule has 0 aromatic carbocycles. The van der Waals surface area contributed by atoms with E-state index in [0.29, 0.717) is 12.8 Å². The van der Waals surface area contributed by atoms with E-state index < -0.39 is 12.2 Å². The van der Waals surface area contributed by atoms with E-state index in [0.717, 1.165) is 12.8 Å². The average Bonchev–Trinajstić information content (AvgIpc) is 2.20. The molecule has 0 aromatic rings. The molecule has 14 heavy (non-hydrogen) atoms. The van der Waals surface area contributed by atoms with Gasteiger partial charge in [-0.15, -0.1) is 0 Å². The van der Waals surface area contributed by atoms with Gasteiger partial charge in [-0.3, -0.25) is 9.59 Å². The highest BCUT2D eigenvalue weighted by atomic mass is 16.7. The Bertz CT molecular complexity index is 220. The van der Waals surface area contributed by atoms with Crippen LogP contribution >= 0.6 is 0 Å². The van der Waals surface area contributed by atoms with Crippen molar-refractivity contribution in [2.24, 2.45) is 5.92 Å². The molecule has 1 saturated carbocycles. The molecule has 1 unspecified atom stereocenters. The summed E-state index contributed by atoms with van der Waals surface area (Å²) in [6.45, 7) is 0. The SMILES string of the molecule is COC(OC)C(=O)C1CCCCC1=O. The molecule has 0 bridgehead atoms. The average molecular weight is 200 g/mol. The lowest BCUT2D eigenvalue weighted by Crippen LogP contribution is -2.37. The fourth-order valence-electron chi connectivity index (χ4n) is 1.78. The molecule has 0 aliphatic heterocycles. The van der Waals surface area contributed by atoms with Crippen molar-refractivity contribution < 1.29 is 19.1 Å². The molecule has 0 saturated heterocycles. The van der Waals surface area contributed by atoms with Crippen LogP contribution < -0.4 is 0 Å². The van der Waals surface area contributed by atoms with Crippen molar-refractivity contribution in [1.29, 1.82) is 0 Å². The Kier molecular flexibility index (Phi) is 4.22. The van der Waals surface area contributed by atoms with Gasteiger partial charge in [-0.2, -0.15) is 0 Å². The van der Waals surface area contributed by atoms with Gasteiger partial charge in [-0.1, -0.05) is 6.42 Å². The Hall–Kier alpha value is -0.740. The lowest BCUT2D eigenvalue weighted by atomic mass is 9.85. The Morgan fingerprint density at radius 3 is 2.50 bits per heavy atom. The van der Waals surface area contributed by atoms with Crippen molar-refractivity contribution in [1.82, 2.24) is 0 Å². The van der Waals surface area contributed by atoms with Crippen molar-refractivity contribution in [3.8, 4) is 0 Å². The van der Waals surface area contributed by atoms with Gasteiger partial charge in [-0.05, 0) is 12.8 Å². The maximum atomic E-state index is 11.7. The summed E-state index contributed by atoms with van der Waals surface area (Å²) in [6.07, 6.45) is 2.09. The first-order valence-corrected chi connectivity index (χ1v) is 4.82. The lowest BCUT2D eigenvalue weighted by molar-refractivity contribution is -0.163. The second kappa shape index (κ2) is 5.22. The number of hydrogen-bond donors (Lipinski definition) is 0. The normalized spacial score (nSPS) is 22.8. The van der Waals surface area contributed by atoms with Crippen molar-refractivity contribution in [2.75, 3.05) is 14.2 Å². The minimum atomic E-state index is -0.887. The molecule has 1 fully saturated rings. The molecule has 1 atom stereocenters. The molecule has 1 rings (SSSR count). The lowest BCUT2D eigenvalue weighted by Gasteiger charge is -2.22. The zero-order valence-corrected chi connectivity index (χ0v) is 8.62. The Morgan fingerprint density at radius 1 is 1.36 bits per heavy atom. The molecule has 0 heterocycles. The second-order valence-electron chi connectivity index (χ2n) is 3.47. The summed E-state index contributed by atoms with van der Waals surface area (Å²) >= 11 is 0. The third-order valence-corrected chi connectivity index (χ3v) is 2.56. The number of carbonyl (C=O) groups excluding carboxylic acids is 2. The van der Waals surface area contributed by atoms with Crippen molar-refractivity contribution in [3.05, 3.63) is 0 Å². The largest absolute Gasteiger partial charge is 0.349 e. The minimum Gasteiger partial charge on any atom is -0.349 e. The summed E-state index contributed by atoms with van der Waals surface area (Å²) in [5.41, 5.74) is 0. The first-order valence-electron chi connectivity index (χ1n) is 4.82. The van der Waals surface area contributed by atoms with E-state index in [1.54, 1.807) is 0 Å². The molecule has 1 aliphatic rings. The van der Waals surface area contributed by atoms with E-state index >= 15 is 0 Å². The van der Waals surface area contributed by atoms with Gasteiger partial charge in [0, 0.05) is 20.6 Å². The topological polar surface area (TPSA) is 52.6 Å². The number of Topliss-reactive ketones (excluding diaryl/α,β-unsaturated/α-hetero) is 2. The summed E-state index contributed by atoms with van der Waals surface area (Å²) in [6, 6.07) is 0. The summed E-state index contributed by atoms with van der Waals surface area (Å²) in [5, 5.41) is 0. The van der Waals surface area contributed by atoms with Crippen LogP contribution in [-0.4, -0.2) is 32.1 Å². The maximum absolute atomic E-state index is 11.7. The molecule has 80 valence electrons. The molecule has 0 amide bonds. The van der Waals surface area contributed by atoms with Gasteiger partial charge < -0.3 is 9.47 Å². The van der Waals surface area contributed by atoms with Crippen LogP contribution in [0.25, 0.3) is 0 Å². The molecule has 4 heteroatoms. The number of ether oxygens (including phenoxy) is 2.